The molecule has 1 aromatic carbocycles. The van der Waals surface area contributed by atoms with Crippen LogP contribution in [0.15, 0.2) is 30.5 Å². The second kappa shape index (κ2) is 9.09. The lowest BCUT2D eigenvalue weighted by molar-refractivity contribution is -0.133. The molecule has 28 heavy (non-hydrogen) atoms. The number of aromatic nitrogens is 1. The predicted molar refractivity (Wildman–Crippen MR) is 113 cm³/mol. The van der Waals surface area contributed by atoms with Crippen molar-refractivity contribution >= 4 is 26.6 Å². The minimum Gasteiger partial charge on any atom is -0.361 e. The van der Waals surface area contributed by atoms with Gasteiger partial charge in [0, 0.05) is 42.7 Å². The number of para-hydroxylation sites is 1. The number of aromatic amines is 1. The van der Waals surface area contributed by atoms with E-state index in [-0.39, 0.29) is 23.5 Å². The van der Waals surface area contributed by atoms with Gasteiger partial charge in [-0.2, -0.15) is 0 Å². The highest BCUT2D eigenvalue weighted by Gasteiger charge is 2.34. The fourth-order valence-corrected chi connectivity index (χ4v) is 5.78. The minimum absolute atomic E-state index is 0.0551. The Bertz CT molecular complexity index is 903. The second-order valence-corrected chi connectivity index (χ2v) is 9.76. The molecule has 1 N–H and O–H groups in total. The number of nitrogens with one attached hydrogen (secondary N) is 1. The molecular weight excluding hydrogens is 374 g/mol. The molecule has 3 rings (SSSR count). The van der Waals surface area contributed by atoms with Gasteiger partial charge in [0.15, 0.2) is 9.84 Å². The minimum atomic E-state index is -3.02. The molecule has 2 heterocycles. The van der Waals surface area contributed by atoms with Crippen LogP contribution in [0.2, 0.25) is 0 Å². The number of rotatable bonds is 9. The van der Waals surface area contributed by atoms with Crippen LogP contribution in [0.5, 0.6) is 0 Å². The van der Waals surface area contributed by atoms with Crippen molar-refractivity contribution in [2.45, 2.75) is 39.2 Å². The summed E-state index contributed by atoms with van der Waals surface area (Å²) < 4.78 is 23.9. The number of nitrogens with zero attached hydrogens (tertiary/aromatic N) is 2. The van der Waals surface area contributed by atoms with E-state index in [1.165, 1.54) is 0 Å². The maximum Gasteiger partial charge on any atom is 0.223 e. The van der Waals surface area contributed by atoms with Crippen molar-refractivity contribution in [2.24, 2.45) is 0 Å². The first-order valence-electron chi connectivity index (χ1n) is 10.2. The molecule has 1 amide bonds. The highest BCUT2D eigenvalue weighted by atomic mass is 32.2. The van der Waals surface area contributed by atoms with Crippen LogP contribution in [0.3, 0.4) is 0 Å². The SMILES string of the molecule is CCN(CC)CCN(C(=O)CCc1c[nH]c2ccccc12)C1CCS(=O)(=O)C1. The third-order valence-corrected chi connectivity index (χ3v) is 7.55. The van der Waals surface area contributed by atoms with Crippen molar-refractivity contribution in [3.05, 3.63) is 36.0 Å². The lowest BCUT2D eigenvalue weighted by Crippen LogP contribution is -2.45. The Hall–Kier alpha value is -1.86. The van der Waals surface area contributed by atoms with Crippen LogP contribution in [0.1, 0.15) is 32.3 Å². The molecule has 0 bridgehead atoms. The van der Waals surface area contributed by atoms with E-state index >= 15 is 0 Å². The number of carbonyl (C=O) groups excluding carboxylic acids is 1. The summed E-state index contributed by atoms with van der Waals surface area (Å²) in [5.74, 6) is 0.346. The molecule has 1 atom stereocenters. The van der Waals surface area contributed by atoms with Crippen molar-refractivity contribution in [1.29, 1.82) is 0 Å². The van der Waals surface area contributed by atoms with Crippen LogP contribution in [-0.2, 0) is 21.1 Å². The fraction of sp³-hybridized carbons (Fsp3) is 0.571. The lowest BCUT2D eigenvalue weighted by Gasteiger charge is -2.31. The average Bonchev–Trinajstić information content (AvgIpc) is 3.26. The van der Waals surface area contributed by atoms with Gasteiger partial charge in [-0.05, 0) is 37.6 Å². The summed E-state index contributed by atoms with van der Waals surface area (Å²) >= 11 is 0. The van der Waals surface area contributed by atoms with E-state index in [0.29, 0.717) is 25.8 Å². The molecule has 1 unspecified atom stereocenters. The Labute approximate surface area is 167 Å². The van der Waals surface area contributed by atoms with Gasteiger partial charge in [-0.15, -0.1) is 0 Å². The molecule has 2 aromatic rings. The van der Waals surface area contributed by atoms with E-state index in [9.17, 15) is 13.2 Å². The Morgan fingerprint density at radius 3 is 2.61 bits per heavy atom. The summed E-state index contributed by atoms with van der Waals surface area (Å²) in [6, 6.07) is 7.90. The predicted octanol–water partition coefficient (Wildman–Crippen LogP) is 2.46. The van der Waals surface area contributed by atoms with Crippen molar-refractivity contribution in [2.75, 3.05) is 37.7 Å². The molecule has 7 heteroatoms. The number of amides is 1. The molecule has 6 nitrogen and oxygen atoms in total. The van der Waals surface area contributed by atoms with Gasteiger partial charge in [0.25, 0.3) is 0 Å². The van der Waals surface area contributed by atoms with E-state index in [0.717, 1.165) is 36.1 Å². The van der Waals surface area contributed by atoms with E-state index in [4.69, 9.17) is 0 Å². The Morgan fingerprint density at radius 1 is 1.18 bits per heavy atom. The summed E-state index contributed by atoms with van der Waals surface area (Å²) in [5.41, 5.74) is 2.21. The molecule has 0 radical (unpaired) electrons. The Balaban J connectivity index is 1.68. The first-order chi connectivity index (χ1) is 13.4. The first kappa shape index (κ1) is 20.9. The van der Waals surface area contributed by atoms with Gasteiger partial charge in [-0.25, -0.2) is 8.42 Å². The average molecular weight is 406 g/mol. The zero-order valence-electron chi connectivity index (χ0n) is 16.9. The molecule has 0 aliphatic carbocycles. The van der Waals surface area contributed by atoms with Crippen LogP contribution in [0.4, 0.5) is 0 Å². The number of hydrogen-bond acceptors (Lipinski definition) is 4. The molecule has 1 aliphatic heterocycles. The summed E-state index contributed by atoms with van der Waals surface area (Å²) in [4.78, 5) is 20.4. The number of carbonyl (C=O) groups is 1. The van der Waals surface area contributed by atoms with E-state index < -0.39 is 9.84 Å². The zero-order valence-corrected chi connectivity index (χ0v) is 17.7. The van der Waals surface area contributed by atoms with Crippen LogP contribution < -0.4 is 0 Å². The number of aryl methyl sites for hydroxylation is 1. The monoisotopic (exact) mass is 405 g/mol. The third kappa shape index (κ3) is 4.94. The fourth-order valence-electron chi connectivity index (χ4n) is 4.04. The van der Waals surface area contributed by atoms with Gasteiger partial charge in [-0.3, -0.25) is 4.79 Å². The molecular formula is C21H31N3O3S. The Kier molecular flexibility index (Phi) is 6.78. The van der Waals surface area contributed by atoms with Crippen molar-refractivity contribution in [3.8, 4) is 0 Å². The highest BCUT2D eigenvalue weighted by molar-refractivity contribution is 7.91. The number of H-pyrrole nitrogens is 1. The number of hydrogen-bond donors (Lipinski definition) is 1. The quantitative estimate of drug-likeness (QED) is 0.696. The largest absolute Gasteiger partial charge is 0.361 e. The van der Waals surface area contributed by atoms with E-state index in [2.05, 4.69) is 29.8 Å². The van der Waals surface area contributed by atoms with Gasteiger partial charge in [0.2, 0.25) is 5.91 Å². The van der Waals surface area contributed by atoms with Crippen LogP contribution in [0.25, 0.3) is 10.9 Å². The maximum atomic E-state index is 13.1. The summed E-state index contributed by atoms with van der Waals surface area (Å²) in [5, 5.41) is 1.15. The molecule has 0 saturated carbocycles. The number of sulfone groups is 1. The standard InChI is InChI=1S/C21H31N3O3S/c1-3-23(4-2)12-13-24(18-11-14-28(26,27)16-18)21(25)10-9-17-15-22-20-8-6-5-7-19(17)20/h5-8,15,18,22H,3-4,9-14,16H2,1-2H3. The van der Waals surface area contributed by atoms with Gasteiger partial charge in [0.05, 0.1) is 11.5 Å². The summed E-state index contributed by atoms with van der Waals surface area (Å²) in [7, 11) is -3.02. The topological polar surface area (TPSA) is 73.5 Å². The Morgan fingerprint density at radius 2 is 1.93 bits per heavy atom. The molecule has 1 aliphatic rings. The van der Waals surface area contributed by atoms with Gasteiger partial charge < -0.3 is 14.8 Å². The van der Waals surface area contributed by atoms with Gasteiger partial charge in [-0.1, -0.05) is 32.0 Å². The van der Waals surface area contributed by atoms with Gasteiger partial charge >= 0.3 is 0 Å². The molecule has 154 valence electrons. The van der Waals surface area contributed by atoms with Crippen molar-refractivity contribution < 1.29 is 13.2 Å². The van der Waals surface area contributed by atoms with E-state index in [1.54, 1.807) is 0 Å². The number of fused-ring (bicyclic) bond motifs is 1. The summed E-state index contributed by atoms with van der Waals surface area (Å²) in [6.45, 7) is 7.43. The molecule has 1 saturated heterocycles. The zero-order chi connectivity index (χ0) is 20.1. The third-order valence-electron chi connectivity index (χ3n) is 5.80. The lowest BCUT2D eigenvalue weighted by atomic mass is 10.1. The van der Waals surface area contributed by atoms with Gasteiger partial charge in [0.1, 0.15) is 0 Å². The van der Waals surface area contributed by atoms with E-state index in [1.807, 2.05) is 29.3 Å². The highest BCUT2D eigenvalue weighted by Crippen LogP contribution is 2.22. The van der Waals surface area contributed by atoms with Crippen molar-refractivity contribution in [3.63, 3.8) is 0 Å². The maximum absolute atomic E-state index is 13.1. The van der Waals surface area contributed by atoms with Crippen LogP contribution in [-0.4, -0.2) is 72.8 Å². The summed E-state index contributed by atoms with van der Waals surface area (Å²) in [6.07, 6.45) is 3.58. The van der Waals surface area contributed by atoms with Crippen molar-refractivity contribution in [1.82, 2.24) is 14.8 Å². The molecule has 1 aromatic heterocycles. The molecule has 0 spiro atoms. The van der Waals surface area contributed by atoms with Crippen LogP contribution >= 0.6 is 0 Å². The number of benzene rings is 1. The first-order valence-corrected chi connectivity index (χ1v) is 12.0. The molecule has 1 fully saturated rings. The smallest absolute Gasteiger partial charge is 0.223 e. The second-order valence-electron chi connectivity index (χ2n) is 7.53. The van der Waals surface area contributed by atoms with Crippen LogP contribution in [0, 0.1) is 0 Å². The number of likely N-dealkylation sites (N-methyl/N-ethyl adjacent to an activating group) is 1. The normalized spacial score (nSPS) is 18.8.